The number of aryl methyl sites for hydroxylation is 1. The highest BCUT2D eigenvalue weighted by Gasteiger charge is 2.41. The molecular weight excluding hydrogens is 302 g/mol. The van der Waals surface area contributed by atoms with Crippen LogP contribution in [0.25, 0.3) is 0 Å². The van der Waals surface area contributed by atoms with Gasteiger partial charge in [-0.1, -0.05) is 17.7 Å². The Bertz CT molecular complexity index is 736. The van der Waals surface area contributed by atoms with Crippen LogP contribution in [0.1, 0.15) is 19.4 Å². The van der Waals surface area contributed by atoms with Gasteiger partial charge in [0.1, 0.15) is 0 Å². The number of carbonyl (C=O) groups excluding carboxylic acids is 1. The van der Waals surface area contributed by atoms with Crippen molar-refractivity contribution in [3.63, 3.8) is 0 Å². The van der Waals surface area contributed by atoms with Gasteiger partial charge in [-0.15, -0.1) is 0 Å². The molecule has 5 nitrogen and oxygen atoms in total. The molecule has 1 aromatic carbocycles. The van der Waals surface area contributed by atoms with E-state index in [1.54, 1.807) is 26.0 Å². The van der Waals surface area contributed by atoms with Gasteiger partial charge in [0.05, 0.1) is 4.90 Å². The van der Waals surface area contributed by atoms with Gasteiger partial charge < -0.3 is 4.74 Å². The maximum Gasteiger partial charge on any atom is 0.243 e. The van der Waals surface area contributed by atoms with E-state index in [4.69, 9.17) is 4.74 Å². The van der Waals surface area contributed by atoms with Crippen molar-refractivity contribution in [3.8, 4) is 0 Å². The Morgan fingerprint density at radius 3 is 1.95 bits per heavy atom. The van der Waals surface area contributed by atoms with E-state index in [9.17, 15) is 13.2 Å². The first kappa shape index (κ1) is 16.6. The highest BCUT2D eigenvalue weighted by Crippen LogP contribution is 2.31. The molecule has 0 aromatic heterocycles. The van der Waals surface area contributed by atoms with Crippen LogP contribution in [0.4, 0.5) is 0 Å². The molecule has 0 bridgehead atoms. The zero-order valence-electron chi connectivity index (χ0n) is 13.0. The van der Waals surface area contributed by atoms with Crippen LogP contribution < -0.4 is 4.72 Å². The molecular formula is C16H19NO4S. The minimum atomic E-state index is -3.80. The highest BCUT2D eigenvalue weighted by atomic mass is 32.2. The van der Waals surface area contributed by atoms with Crippen molar-refractivity contribution < 1.29 is 17.9 Å². The number of allylic oxidation sites excluding steroid dienone is 2. The minimum Gasteiger partial charge on any atom is -0.355 e. The first-order valence-corrected chi connectivity index (χ1v) is 8.27. The molecule has 0 radical (unpaired) electrons. The summed E-state index contributed by atoms with van der Waals surface area (Å²) in [5, 5.41) is 0. The van der Waals surface area contributed by atoms with Gasteiger partial charge >= 0.3 is 0 Å². The molecule has 2 rings (SSSR count). The summed E-state index contributed by atoms with van der Waals surface area (Å²) in [5.74, 6) is -0.183. The number of rotatable bonds is 4. The second-order valence-corrected chi connectivity index (χ2v) is 7.04. The van der Waals surface area contributed by atoms with Gasteiger partial charge in [-0.25, -0.2) is 8.42 Å². The number of hydrogen-bond donors (Lipinski definition) is 1. The van der Waals surface area contributed by atoms with Crippen LogP contribution in [0.5, 0.6) is 0 Å². The fourth-order valence-electron chi connectivity index (χ4n) is 2.47. The van der Waals surface area contributed by atoms with Crippen LogP contribution in [0.3, 0.4) is 0 Å². The monoisotopic (exact) mass is 321 g/mol. The Kier molecular flexibility index (Phi) is 4.37. The first-order valence-electron chi connectivity index (χ1n) is 6.78. The second kappa shape index (κ2) is 5.79. The zero-order valence-corrected chi connectivity index (χ0v) is 13.8. The molecule has 1 aliphatic rings. The van der Waals surface area contributed by atoms with Crippen molar-refractivity contribution in [2.45, 2.75) is 31.4 Å². The topological polar surface area (TPSA) is 72.5 Å². The van der Waals surface area contributed by atoms with Gasteiger partial charge in [0, 0.05) is 7.11 Å². The standard InChI is InChI=1S/C16H19NO4S/c1-11-5-7-15(8-6-11)22(19,20)17-16(21-4)12(2)9-14(18)10-13(16)3/h5-10,17H,1-4H3. The van der Waals surface area contributed by atoms with Crippen LogP contribution in [0.15, 0.2) is 52.5 Å². The van der Waals surface area contributed by atoms with Crippen molar-refractivity contribution >= 4 is 15.8 Å². The fraction of sp³-hybridized carbons (Fsp3) is 0.312. The third kappa shape index (κ3) is 2.90. The molecule has 118 valence electrons. The van der Waals surface area contributed by atoms with Crippen molar-refractivity contribution in [1.82, 2.24) is 4.72 Å². The summed E-state index contributed by atoms with van der Waals surface area (Å²) in [6.07, 6.45) is 2.74. The lowest BCUT2D eigenvalue weighted by molar-refractivity contribution is -0.111. The van der Waals surface area contributed by atoms with Gasteiger partial charge in [0.15, 0.2) is 11.5 Å². The molecule has 0 unspecified atom stereocenters. The lowest BCUT2D eigenvalue weighted by Gasteiger charge is -2.36. The summed E-state index contributed by atoms with van der Waals surface area (Å²) in [7, 11) is -2.39. The average molecular weight is 321 g/mol. The predicted octanol–water partition coefficient (Wildman–Crippen LogP) is 2.09. The Morgan fingerprint density at radius 2 is 1.50 bits per heavy atom. The normalized spacial score (nSPS) is 17.9. The molecule has 0 saturated carbocycles. The summed E-state index contributed by atoms with van der Waals surface area (Å²) < 4.78 is 33.3. The molecule has 0 aliphatic heterocycles. The molecule has 0 fully saturated rings. The van der Waals surface area contributed by atoms with Crippen LogP contribution in [0, 0.1) is 6.92 Å². The Balaban J connectivity index is 2.46. The number of carbonyl (C=O) groups is 1. The third-order valence-electron chi connectivity index (χ3n) is 3.74. The first-order chi connectivity index (χ1) is 10.2. The van der Waals surface area contributed by atoms with Crippen molar-refractivity contribution in [2.75, 3.05) is 7.11 Å². The molecule has 0 atom stereocenters. The number of benzene rings is 1. The molecule has 0 saturated heterocycles. The smallest absolute Gasteiger partial charge is 0.243 e. The number of ether oxygens (including phenoxy) is 1. The number of hydrogen-bond acceptors (Lipinski definition) is 4. The molecule has 22 heavy (non-hydrogen) atoms. The second-order valence-electron chi connectivity index (χ2n) is 5.36. The maximum atomic E-state index is 12.6. The quantitative estimate of drug-likeness (QED) is 0.862. The van der Waals surface area contributed by atoms with Crippen LogP contribution in [-0.4, -0.2) is 27.0 Å². The van der Waals surface area contributed by atoms with Gasteiger partial charge in [-0.2, -0.15) is 4.72 Å². The SMILES string of the molecule is COC1(NS(=O)(=O)c2ccc(C)cc2)C(C)=CC(=O)C=C1C. The number of nitrogens with one attached hydrogen (secondary N) is 1. The molecule has 0 amide bonds. The minimum absolute atomic E-state index is 0.145. The Hall–Kier alpha value is -1.76. The molecule has 1 aliphatic carbocycles. The van der Waals surface area contributed by atoms with Crippen molar-refractivity contribution in [1.29, 1.82) is 0 Å². The van der Waals surface area contributed by atoms with Gasteiger partial charge in [-0.05, 0) is 56.2 Å². The Labute approximate surface area is 130 Å². The van der Waals surface area contributed by atoms with E-state index in [1.165, 1.54) is 31.4 Å². The third-order valence-corrected chi connectivity index (χ3v) is 5.19. The fourth-order valence-corrected chi connectivity index (χ4v) is 3.87. The van der Waals surface area contributed by atoms with E-state index >= 15 is 0 Å². The maximum absolute atomic E-state index is 12.6. The summed E-state index contributed by atoms with van der Waals surface area (Å²) in [5.41, 5.74) is 0.625. The lowest BCUT2D eigenvalue weighted by atomic mass is 9.90. The van der Waals surface area contributed by atoms with Crippen LogP contribution >= 0.6 is 0 Å². The van der Waals surface area contributed by atoms with E-state index in [1.807, 2.05) is 6.92 Å². The number of sulfonamides is 1. The highest BCUT2D eigenvalue weighted by molar-refractivity contribution is 7.89. The molecule has 0 spiro atoms. The number of methoxy groups -OCH3 is 1. The van der Waals surface area contributed by atoms with Crippen molar-refractivity contribution in [2.24, 2.45) is 0 Å². The van der Waals surface area contributed by atoms with E-state index in [0.29, 0.717) is 11.1 Å². The summed E-state index contributed by atoms with van der Waals surface area (Å²) in [6, 6.07) is 6.52. The molecule has 1 N–H and O–H groups in total. The number of ketones is 1. The van der Waals surface area contributed by atoms with Gasteiger partial charge in [-0.3, -0.25) is 4.79 Å². The van der Waals surface area contributed by atoms with Gasteiger partial charge in [0.25, 0.3) is 0 Å². The van der Waals surface area contributed by atoms with Crippen molar-refractivity contribution in [3.05, 3.63) is 53.1 Å². The molecule has 6 heteroatoms. The van der Waals surface area contributed by atoms with E-state index in [0.717, 1.165) is 5.56 Å². The van der Waals surface area contributed by atoms with E-state index in [-0.39, 0.29) is 10.7 Å². The van der Waals surface area contributed by atoms with Crippen LogP contribution in [-0.2, 0) is 19.6 Å². The summed E-state index contributed by atoms with van der Waals surface area (Å²) >= 11 is 0. The predicted molar refractivity (Wildman–Crippen MR) is 83.8 cm³/mol. The van der Waals surface area contributed by atoms with E-state index in [2.05, 4.69) is 4.72 Å². The lowest BCUT2D eigenvalue weighted by Crippen LogP contribution is -2.53. The van der Waals surface area contributed by atoms with Gasteiger partial charge in [0.2, 0.25) is 10.0 Å². The molecule has 1 aromatic rings. The average Bonchev–Trinajstić information content (AvgIpc) is 2.43. The largest absolute Gasteiger partial charge is 0.355 e. The molecule has 0 heterocycles. The van der Waals surface area contributed by atoms with E-state index < -0.39 is 15.7 Å². The van der Waals surface area contributed by atoms with Crippen LogP contribution in [0.2, 0.25) is 0 Å². The Morgan fingerprint density at radius 1 is 1.00 bits per heavy atom. The summed E-state index contributed by atoms with van der Waals surface area (Å²) in [6.45, 7) is 5.21. The summed E-state index contributed by atoms with van der Waals surface area (Å²) in [4.78, 5) is 11.7. The zero-order chi connectivity index (χ0) is 16.5.